The number of hydrogen-bond acceptors (Lipinski definition) is 4. The summed E-state index contributed by atoms with van der Waals surface area (Å²) in [5.74, 6) is 0.278. The van der Waals surface area contributed by atoms with Crippen LogP contribution in [0.25, 0.3) is 10.6 Å². The molecule has 16 heavy (non-hydrogen) atoms. The summed E-state index contributed by atoms with van der Waals surface area (Å²) in [5, 5.41) is 15.7. The number of phenols is 1. The van der Waals surface area contributed by atoms with Crippen LogP contribution in [0.5, 0.6) is 5.75 Å². The van der Waals surface area contributed by atoms with Crippen molar-refractivity contribution in [2.24, 2.45) is 0 Å². The molecule has 2 aromatic rings. The highest BCUT2D eigenvalue weighted by Crippen LogP contribution is 2.32. The molecule has 0 aliphatic carbocycles. The Morgan fingerprint density at radius 2 is 2.12 bits per heavy atom. The van der Waals surface area contributed by atoms with Crippen LogP contribution in [-0.4, -0.2) is 17.1 Å². The Morgan fingerprint density at radius 1 is 1.38 bits per heavy atom. The van der Waals surface area contributed by atoms with E-state index in [1.807, 2.05) is 30.6 Å². The van der Waals surface area contributed by atoms with Gasteiger partial charge in [0.15, 0.2) is 0 Å². The van der Waals surface area contributed by atoms with E-state index in [9.17, 15) is 5.11 Å². The number of rotatable bonds is 3. The molecule has 84 valence electrons. The van der Waals surface area contributed by atoms with E-state index in [-0.39, 0.29) is 11.8 Å². The lowest BCUT2D eigenvalue weighted by Crippen LogP contribution is -2.12. The Bertz CT molecular complexity index is 481. The van der Waals surface area contributed by atoms with Crippen LogP contribution in [0.4, 0.5) is 0 Å². The molecule has 1 atom stereocenters. The van der Waals surface area contributed by atoms with Crippen molar-refractivity contribution in [3.05, 3.63) is 35.3 Å². The molecule has 0 bridgehead atoms. The van der Waals surface area contributed by atoms with E-state index in [4.69, 9.17) is 0 Å². The third-order valence-corrected chi connectivity index (χ3v) is 3.43. The molecule has 3 nitrogen and oxygen atoms in total. The van der Waals surface area contributed by atoms with E-state index < -0.39 is 0 Å². The van der Waals surface area contributed by atoms with Crippen LogP contribution >= 0.6 is 11.3 Å². The standard InChI is InChI=1S/C12H14N2OS/c1-8(13-2)10-7-16-12(14-10)9-5-3-4-6-11(9)15/h3-8,13,15H,1-2H3. The van der Waals surface area contributed by atoms with E-state index in [1.54, 1.807) is 17.4 Å². The van der Waals surface area contributed by atoms with E-state index in [1.165, 1.54) is 0 Å². The number of aromatic nitrogens is 1. The number of aromatic hydroxyl groups is 1. The van der Waals surface area contributed by atoms with Gasteiger partial charge in [-0.3, -0.25) is 0 Å². The van der Waals surface area contributed by atoms with Crippen LogP contribution in [0.3, 0.4) is 0 Å². The summed E-state index contributed by atoms with van der Waals surface area (Å²) < 4.78 is 0. The summed E-state index contributed by atoms with van der Waals surface area (Å²) in [4.78, 5) is 4.51. The smallest absolute Gasteiger partial charge is 0.127 e. The topological polar surface area (TPSA) is 45.1 Å². The van der Waals surface area contributed by atoms with Gasteiger partial charge in [-0.05, 0) is 26.1 Å². The van der Waals surface area contributed by atoms with Crippen molar-refractivity contribution in [1.29, 1.82) is 0 Å². The summed E-state index contributed by atoms with van der Waals surface area (Å²) in [5.41, 5.74) is 1.80. The minimum absolute atomic E-state index is 0.232. The Hall–Kier alpha value is -1.39. The predicted molar refractivity (Wildman–Crippen MR) is 66.7 cm³/mol. The molecular formula is C12H14N2OS. The SMILES string of the molecule is CNC(C)c1csc(-c2ccccc2O)n1. The highest BCUT2D eigenvalue weighted by Gasteiger charge is 2.11. The fourth-order valence-corrected chi connectivity index (χ4v) is 2.36. The maximum atomic E-state index is 9.72. The lowest BCUT2D eigenvalue weighted by Gasteiger charge is -2.05. The molecule has 0 radical (unpaired) electrons. The van der Waals surface area contributed by atoms with Crippen LogP contribution in [-0.2, 0) is 0 Å². The summed E-state index contributed by atoms with van der Waals surface area (Å²) >= 11 is 1.55. The quantitative estimate of drug-likeness (QED) is 0.858. The van der Waals surface area contributed by atoms with Crippen molar-refractivity contribution in [3.63, 3.8) is 0 Å². The minimum Gasteiger partial charge on any atom is -0.507 e. The third kappa shape index (κ3) is 2.08. The monoisotopic (exact) mass is 234 g/mol. The van der Waals surface area contributed by atoms with Crippen LogP contribution in [0.2, 0.25) is 0 Å². The molecule has 1 aromatic heterocycles. The van der Waals surface area contributed by atoms with E-state index >= 15 is 0 Å². The van der Waals surface area contributed by atoms with Crippen molar-refractivity contribution in [1.82, 2.24) is 10.3 Å². The molecule has 0 amide bonds. The van der Waals surface area contributed by atoms with Crippen LogP contribution in [0, 0.1) is 0 Å². The molecule has 4 heteroatoms. The molecule has 1 aromatic carbocycles. The van der Waals surface area contributed by atoms with Crippen LogP contribution in [0.1, 0.15) is 18.7 Å². The Kier molecular flexibility index (Phi) is 3.22. The molecule has 1 heterocycles. The van der Waals surface area contributed by atoms with Gasteiger partial charge in [0.1, 0.15) is 10.8 Å². The number of nitrogens with zero attached hydrogens (tertiary/aromatic N) is 1. The van der Waals surface area contributed by atoms with Gasteiger partial charge >= 0.3 is 0 Å². The molecule has 2 N–H and O–H groups in total. The lowest BCUT2D eigenvalue weighted by molar-refractivity contribution is 0.477. The second kappa shape index (κ2) is 4.63. The van der Waals surface area contributed by atoms with Gasteiger partial charge in [-0.1, -0.05) is 12.1 Å². The maximum absolute atomic E-state index is 9.72. The Balaban J connectivity index is 2.35. The van der Waals surface area contributed by atoms with Gasteiger partial charge in [0.05, 0.1) is 11.3 Å². The average molecular weight is 234 g/mol. The molecular weight excluding hydrogens is 220 g/mol. The lowest BCUT2D eigenvalue weighted by atomic mass is 10.2. The van der Waals surface area contributed by atoms with Crippen LogP contribution in [0.15, 0.2) is 29.6 Å². The van der Waals surface area contributed by atoms with Gasteiger partial charge in [-0.15, -0.1) is 11.3 Å². The third-order valence-electron chi connectivity index (χ3n) is 2.53. The van der Waals surface area contributed by atoms with Crippen molar-refractivity contribution >= 4 is 11.3 Å². The zero-order valence-corrected chi connectivity index (χ0v) is 10.1. The average Bonchev–Trinajstić information content (AvgIpc) is 2.78. The first-order valence-electron chi connectivity index (χ1n) is 5.13. The fraction of sp³-hybridized carbons (Fsp3) is 0.250. The normalized spacial score (nSPS) is 12.6. The molecule has 2 rings (SSSR count). The van der Waals surface area contributed by atoms with Crippen LogP contribution < -0.4 is 5.32 Å². The Morgan fingerprint density at radius 3 is 2.81 bits per heavy atom. The second-order valence-corrected chi connectivity index (χ2v) is 4.46. The number of para-hydroxylation sites is 1. The summed E-state index contributed by atoms with van der Waals surface area (Å²) in [6.07, 6.45) is 0. The zero-order valence-electron chi connectivity index (χ0n) is 9.27. The van der Waals surface area contributed by atoms with E-state index in [0.29, 0.717) is 0 Å². The first-order valence-corrected chi connectivity index (χ1v) is 6.01. The summed E-state index contributed by atoms with van der Waals surface area (Å²) in [7, 11) is 1.91. The van der Waals surface area contributed by atoms with E-state index in [0.717, 1.165) is 16.3 Å². The Labute approximate surface area is 98.8 Å². The summed E-state index contributed by atoms with van der Waals surface area (Å²) in [6, 6.07) is 7.50. The van der Waals surface area contributed by atoms with E-state index in [2.05, 4.69) is 17.2 Å². The largest absolute Gasteiger partial charge is 0.507 e. The molecule has 0 saturated heterocycles. The summed E-state index contributed by atoms with van der Waals surface area (Å²) in [6.45, 7) is 2.06. The molecule has 0 saturated carbocycles. The first-order chi connectivity index (χ1) is 7.72. The molecule has 0 spiro atoms. The molecule has 0 aliphatic rings. The molecule has 0 aliphatic heterocycles. The second-order valence-electron chi connectivity index (χ2n) is 3.61. The van der Waals surface area contributed by atoms with Crippen molar-refractivity contribution in [2.75, 3.05) is 7.05 Å². The molecule has 0 fully saturated rings. The van der Waals surface area contributed by atoms with Gasteiger partial charge in [-0.2, -0.15) is 0 Å². The first kappa shape index (κ1) is 11.1. The predicted octanol–water partition coefficient (Wildman–Crippen LogP) is 2.80. The highest BCUT2D eigenvalue weighted by atomic mass is 32.1. The van der Waals surface area contributed by atoms with Gasteiger partial charge < -0.3 is 10.4 Å². The van der Waals surface area contributed by atoms with Crippen molar-refractivity contribution in [3.8, 4) is 16.3 Å². The van der Waals surface area contributed by atoms with Gasteiger partial charge in [0.25, 0.3) is 0 Å². The van der Waals surface area contributed by atoms with Gasteiger partial charge in [0, 0.05) is 11.4 Å². The minimum atomic E-state index is 0.232. The number of benzene rings is 1. The zero-order chi connectivity index (χ0) is 11.5. The van der Waals surface area contributed by atoms with Gasteiger partial charge in [0.2, 0.25) is 0 Å². The number of nitrogens with one attached hydrogen (secondary N) is 1. The number of thiazole rings is 1. The van der Waals surface area contributed by atoms with Gasteiger partial charge in [-0.25, -0.2) is 4.98 Å². The highest BCUT2D eigenvalue weighted by molar-refractivity contribution is 7.13. The van der Waals surface area contributed by atoms with Crippen molar-refractivity contribution in [2.45, 2.75) is 13.0 Å². The maximum Gasteiger partial charge on any atom is 0.127 e. The number of phenolic OH excluding ortho intramolecular Hbond substituents is 1. The molecule has 1 unspecified atom stereocenters. The number of hydrogen-bond donors (Lipinski definition) is 2. The van der Waals surface area contributed by atoms with Crippen molar-refractivity contribution < 1.29 is 5.11 Å². The fourth-order valence-electron chi connectivity index (χ4n) is 1.41.